The quantitative estimate of drug-likeness (QED) is 0.475. The van der Waals surface area contributed by atoms with Crippen LogP contribution in [0.5, 0.6) is 11.5 Å². The van der Waals surface area contributed by atoms with E-state index in [1.54, 1.807) is 25.6 Å². The third-order valence-corrected chi connectivity index (χ3v) is 5.39. The fourth-order valence-corrected chi connectivity index (χ4v) is 3.81. The second kappa shape index (κ2) is 6.50. The maximum absolute atomic E-state index is 5.31. The van der Waals surface area contributed by atoms with E-state index < -0.39 is 0 Å². The number of methoxy groups -OCH3 is 2. The van der Waals surface area contributed by atoms with Gasteiger partial charge in [0.1, 0.15) is 11.5 Å². The van der Waals surface area contributed by atoms with E-state index in [2.05, 4.69) is 26.3 Å². The SMILES string of the molecule is COc1ccc(-c2csc3nc(-c4cc(OC)ccc4Br)nn23)cc1. The number of benzene rings is 2. The van der Waals surface area contributed by atoms with Crippen LogP contribution in [-0.4, -0.2) is 28.8 Å². The van der Waals surface area contributed by atoms with Gasteiger partial charge in [0.25, 0.3) is 0 Å². The molecule has 4 aromatic rings. The third kappa shape index (κ3) is 2.89. The number of hydrogen-bond donors (Lipinski definition) is 0. The summed E-state index contributed by atoms with van der Waals surface area (Å²) in [5.74, 6) is 2.26. The summed E-state index contributed by atoms with van der Waals surface area (Å²) >= 11 is 5.13. The van der Waals surface area contributed by atoms with E-state index in [1.165, 1.54) is 0 Å². The van der Waals surface area contributed by atoms with Gasteiger partial charge in [-0.3, -0.25) is 0 Å². The molecule has 25 heavy (non-hydrogen) atoms. The molecule has 2 aromatic carbocycles. The highest BCUT2D eigenvalue weighted by Crippen LogP contribution is 2.33. The first kappa shape index (κ1) is 16.1. The van der Waals surface area contributed by atoms with E-state index in [9.17, 15) is 0 Å². The molecule has 0 atom stereocenters. The lowest BCUT2D eigenvalue weighted by Gasteiger charge is -2.04. The van der Waals surface area contributed by atoms with Crippen LogP contribution in [0.1, 0.15) is 0 Å². The molecule has 0 radical (unpaired) electrons. The fourth-order valence-electron chi connectivity index (χ4n) is 2.56. The van der Waals surface area contributed by atoms with E-state index in [0.29, 0.717) is 5.82 Å². The highest BCUT2D eigenvalue weighted by molar-refractivity contribution is 9.10. The number of ether oxygens (including phenoxy) is 2. The largest absolute Gasteiger partial charge is 0.497 e. The molecular weight excluding hydrogens is 402 g/mol. The Morgan fingerprint density at radius 2 is 1.72 bits per heavy atom. The van der Waals surface area contributed by atoms with Crippen molar-refractivity contribution in [1.29, 1.82) is 0 Å². The second-order valence-electron chi connectivity index (χ2n) is 5.33. The zero-order chi connectivity index (χ0) is 17.4. The average Bonchev–Trinajstić information content (AvgIpc) is 3.23. The van der Waals surface area contributed by atoms with Gasteiger partial charge in [-0.1, -0.05) is 15.9 Å². The Morgan fingerprint density at radius 1 is 1.00 bits per heavy atom. The molecule has 7 heteroatoms. The smallest absolute Gasteiger partial charge is 0.213 e. The summed E-state index contributed by atoms with van der Waals surface area (Å²) in [6, 6.07) is 13.7. The van der Waals surface area contributed by atoms with Crippen molar-refractivity contribution in [2.45, 2.75) is 0 Å². The Kier molecular flexibility index (Phi) is 4.19. The number of rotatable bonds is 4. The van der Waals surface area contributed by atoms with Crippen LogP contribution in [0.4, 0.5) is 0 Å². The first-order chi connectivity index (χ1) is 12.2. The summed E-state index contributed by atoms with van der Waals surface area (Å²) in [4.78, 5) is 5.50. The summed E-state index contributed by atoms with van der Waals surface area (Å²) < 4.78 is 13.3. The van der Waals surface area contributed by atoms with E-state index in [4.69, 9.17) is 14.6 Å². The third-order valence-electron chi connectivity index (χ3n) is 3.88. The first-order valence-electron chi connectivity index (χ1n) is 7.52. The van der Waals surface area contributed by atoms with Gasteiger partial charge in [0, 0.05) is 21.0 Å². The molecule has 0 N–H and O–H groups in total. The number of hydrogen-bond acceptors (Lipinski definition) is 5. The molecule has 0 spiro atoms. The summed E-state index contributed by atoms with van der Waals surface area (Å²) in [7, 11) is 3.31. The van der Waals surface area contributed by atoms with Crippen LogP contribution in [0.25, 0.3) is 27.6 Å². The average molecular weight is 416 g/mol. The van der Waals surface area contributed by atoms with Crippen LogP contribution in [0, 0.1) is 0 Å². The Morgan fingerprint density at radius 3 is 2.44 bits per heavy atom. The van der Waals surface area contributed by atoms with Gasteiger partial charge >= 0.3 is 0 Å². The van der Waals surface area contributed by atoms with E-state index in [-0.39, 0.29) is 0 Å². The molecule has 2 heterocycles. The number of aromatic nitrogens is 3. The summed E-state index contributed by atoms with van der Waals surface area (Å²) in [5.41, 5.74) is 2.96. The Balaban J connectivity index is 1.80. The maximum Gasteiger partial charge on any atom is 0.213 e. The lowest BCUT2D eigenvalue weighted by Crippen LogP contribution is -1.91. The molecule has 0 aliphatic rings. The number of thiazole rings is 1. The molecule has 4 rings (SSSR count). The van der Waals surface area contributed by atoms with Crippen LogP contribution >= 0.6 is 27.3 Å². The number of nitrogens with zero attached hydrogens (tertiary/aromatic N) is 3. The predicted octanol–water partition coefficient (Wildman–Crippen LogP) is 4.90. The molecule has 0 aliphatic heterocycles. The second-order valence-corrected chi connectivity index (χ2v) is 7.02. The van der Waals surface area contributed by atoms with Crippen molar-refractivity contribution >= 4 is 32.2 Å². The lowest BCUT2D eigenvalue weighted by atomic mass is 10.2. The van der Waals surface area contributed by atoms with Crippen LogP contribution in [0.15, 0.2) is 52.3 Å². The van der Waals surface area contributed by atoms with Gasteiger partial charge in [0.15, 0.2) is 5.82 Å². The summed E-state index contributed by atoms with van der Waals surface area (Å²) in [6.45, 7) is 0. The molecule has 0 amide bonds. The van der Waals surface area contributed by atoms with E-state index in [1.807, 2.05) is 47.0 Å². The lowest BCUT2D eigenvalue weighted by molar-refractivity contribution is 0.415. The van der Waals surface area contributed by atoms with Crippen molar-refractivity contribution in [2.75, 3.05) is 14.2 Å². The molecule has 0 aliphatic carbocycles. The Hall–Kier alpha value is -2.38. The predicted molar refractivity (Wildman–Crippen MR) is 103 cm³/mol. The van der Waals surface area contributed by atoms with Crippen LogP contribution in [0.2, 0.25) is 0 Å². The highest BCUT2D eigenvalue weighted by Gasteiger charge is 2.15. The van der Waals surface area contributed by atoms with Gasteiger partial charge in [0.05, 0.1) is 19.9 Å². The molecule has 2 aromatic heterocycles. The number of fused-ring (bicyclic) bond motifs is 1. The van der Waals surface area contributed by atoms with Gasteiger partial charge in [-0.2, -0.15) is 4.98 Å². The molecular formula is C18H14BrN3O2S. The molecule has 0 bridgehead atoms. The topological polar surface area (TPSA) is 48.7 Å². The van der Waals surface area contributed by atoms with Gasteiger partial charge in [-0.25, -0.2) is 4.52 Å². The molecule has 0 unspecified atom stereocenters. The van der Waals surface area contributed by atoms with Crippen molar-refractivity contribution in [3.05, 3.63) is 52.3 Å². The molecule has 0 fully saturated rings. The normalized spacial score (nSPS) is 11.0. The highest BCUT2D eigenvalue weighted by atomic mass is 79.9. The van der Waals surface area contributed by atoms with Gasteiger partial charge in [0.2, 0.25) is 4.96 Å². The first-order valence-corrected chi connectivity index (χ1v) is 9.19. The van der Waals surface area contributed by atoms with Gasteiger partial charge in [-0.05, 0) is 42.5 Å². The molecule has 0 saturated heterocycles. The monoisotopic (exact) mass is 415 g/mol. The number of halogens is 1. The van der Waals surface area contributed by atoms with Gasteiger partial charge < -0.3 is 9.47 Å². The van der Waals surface area contributed by atoms with Crippen molar-refractivity contribution < 1.29 is 9.47 Å². The minimum Gasteiger partial charge on any atom is -0.497 e. The van der Waals surface area contributed by atoms with Crippen molar-refractivity contribution in [1.82, 2.24) is 14.6 Å². The fraction of sp³-hybridized carbons (Fsp3) is 0.111. The summed E-state index contributed by atoms with van der Waals surface area (Å²) in [5, 5.41) is 6.75. The zero-order valence-corrected chi connectivity index (χ0v) is 16.0. The Labute approximate surface area is 157 Å². The molecule has 126 valence electrons. The van der Waals surface area contributed by atoms with Gasteiger partial charge in [-0.15, -0.1) is 16.4 Å². The van der Waals surface area contributed by atoms with Crippen molar-refractivity contribution in [3.8, 4) is 34.1 Å². The van der Waals surface area contributed by atoms with Crippen molar-refractivity contribution in [3.63, 3.8) is 0 Å². The standard InChI is InChI=1S/C18H14BrN3O2S/c1-23-12-5-3-11(4-6-12)16-10-25-18-20-17(21-22(16)18)14-9-13(24-2)7-8-15(14)19/h3-10H,1-2H3. The Bertz CT molecular complexity index is 1040. The maximum atomic E-state index is 5.31. The van der Waals surface area contributed by atoms with Crippen molar-refractivity contribution in [2.24, 2.45) is 0 Å². The minimum absolute atomic E-state index is 0.660. The zero-order valence-electron chi connectivity index (χ0n) is 13.6. The van der Waals surface area contributed by atoms with E-state index >= 15 is 0 Å². The van der Waals surface area contributed by atoms with Crippen LogP contribution < -0.4 is 9.47 Å². The summed E-state index contributed by atoms with van der Waals surface area (Å²) in [6.07, 6.45) is 0. The molecule has 5 nitrogen and oxygen atoms in total. The van der Waals surface area contributed by atoms with Crippen LogP contribution in [-0.2, 0) is 0 Å². The minimum atomic E-state index is 0.660. The van der Waals surface area contributed by atoms with E-state index in [0.717, 1.165) is 37.8 Å². The molecule has 0 saturated carbocycles. The van der Waals surface area contributed by atoms with Crippen LogP contribution in [0.3, 0.4) is 0 Å².